The number of piperidine rings is 1. The van der Waals surface area contributed by atoms with Gasteiger partial charge in [-0.25, -0.2) is 4.98 Å². The second-order valence-electron chi connectivity index (χ2n) is 8.99. The number of piperazine rings is 1. The zero-order valence-electron chi connectivity index (χ0n) is 16.4. The number of anilines is 1. The predicted molar refractivity (Wildman–Crippen MR) is 107 cm³/mol. The lowest BCUT2D eigenvalue weighted by Gasteiger charge is -2.41. The third kappa shape index (κ3) is 3.35. The van der Waals surface area contributed by atoms with Crippen molar-refractivity contribution in [1.29, 1.82) is 0 Å². The Morgan fingerprint density at radius 1 is 0.963 bits per heavy atom. The molecule has 4 fully saturated rings. The quantitative estimate of drug-likeness (QED) is 0.822. The first-order valence-corrected chi connectivity index (χ1v) is 11.0. The topological polar surface area (TPSA) is 39.7 Å². The maximum atomic E-state index is 13.1. The normalized spacial score (nSPS) is 31.5. The molecule has 1 aromatic heterocycles. The van der Waals surface area contributed by atoms with E-state index in [9.17, 15) is 4.79 Å². The van der Waals surface area contributed by atoms with Gasteiger partial charge in [0.1, 0.15) is 5.82 Å². The lowest BCUT2D eigenvalue weighted by atomic mass is 9.93. The molecule has 3 heterocycles. The minimum Gasteiger partial charge on any atom is -0.353 e. The van der Waals surface area contributed by atoms with E-state index in [1.54, 1.807) is 0 Å². The van der Waals surface area contributed by atoms with Crippen LogP contribution in [0.3, 0.4) is 0 Å². The first kappa shape index (κ1) is 17.5. The number of amides is 1. The molecule has 27 heavy (non-hydrogen) atoms. The van der Waals surface area contributed by atoms with Gasteiger partial charge in [-0.3, -0.25) is 9.69 Å². The zero-order valence-corrected chi connectivity index (χ0v) is 16.4. The van der Waals surface area contributed by atoms with Crippen molar-refractivity contribution in [2.75, 3.05) is 44.2 Å². The summed E-state index contributed by atoms with van der Waals surface area (Å²) >= 11 is 0. The summed E-state index contributed by atoms with van der Waals surface area (Å²) in [5.41, 5.74) is 0.799. The summed E-state index contributed by atoms with van der Waals surface area (Å²) in [7, 11) is 0. The highest BCUT2D eigenvalue weighted by Gasteiger charge is 2.42. The Balaban J connectivity index is 1.26. The third-order valence-corrected chi connectivity index (χ3v) is 7.44. The average molecular weight is 369 g/mol. The van der Waals surface area contributed by atoms with Gasteiger partial charge in [0.05, 0.1) is 5.56 Å². The van der Waals surface area contributed by atoms with Gasteiger partial charge in [-0.05, 0) is 62.5 Å². The van der Waals surface area contributed by atoms with Gasteiger partial charge in [0.2, 0.25) is 0 Å². The highest BCUT2D eigenvalue weighted by Crippen LogP contribution is 2.46. The van der Waals surface area contributed by atoms with Crippen LogP contribution in [-0.2, 0) is 0 Å². The SMILES string of the molecule is O=C(c1cccnc1N1CCN(C2CC3CCC2C3)CC1)N1CCCCC1. The van der Waals surface area contributed by atoms with E-state index in [0.29, 0.717) is 0 Å². The van der Waals surface area contributed by atoms with Crippen LogP contribution in [0.1, 0.15) is 55.3 Å². The van der Waals surface area contributed by atoms with Crippen LogP contribution in [0.25, 0.3) is 0 Å². The molecular formula is C22H32N4O. The standard InChI is InChI=1S/C22H32N4O/c27-22(26-9-2-1-3-10-26)19-5-4-8-23-21(19)25-13-11-24(12-14-25)20-16-17-6-7-18(20)15-17/h4-5,8,17-18,20H,1-3,6-7,9-16H2. The number of pyridine rings is 1. The highest BCUT2D eigenvalue weighted by atomic mass is 16.2. The monoisotopic (exact) mass is 368 g/mol. The number of likely N-dealkylation sites (tertiary alicyclic amines) is 1. The number of nitrogens with zero attached hydrogens (tertiary/aromatic N) is 4. The number of aromatic nitrogens is 1. The van der Waals surface area contributed by atoms with E-state index in [1.807, 2.05) is 23.2 Å². The van der Waals surface area contributed by atoms with E-state index in [2.05, 4.69) is 14.8 Å². The summed E-state index contributed by atoms with van der Waals surface area (Å²) in [5, 5.41) is 0. The first-order chi connectivity index (χ1) is 13.3. The summed E-state index contributed by atoms with van der Waals surface area (Å²) in [5.74, 6) is 3.03. The minimum absolute atomic E-state index is 0.174. The van der Waals surface area contributed by atoms with Crippen molar-refractivity contribution in [2.45, 2.75) is 51.0 Å². The van der Waals surface area contributed by atoms with E-state index in [0.717, 1.165) is 81.4 Å². The van der Waals surface area contributed by atoms with Crippen LogP contribution in [-0.4, -0.2) is 66.0 Å². The highest BCUT2D eigenvalue weighted by molar-refractivity contribution is 5.99. The smallest absolute Gasteiger partial charge is 0.257 e. The molecule has 3 atom stereocenters. The molecule has 3 unspecified atom stereocenters. The van der Waals surface area contributed by atoms with Crippen LogP contribution >= 0.6 is 0 Å². The van der Waals surface area contributed by atoms with Crippen LogP contribution < -0.4 is 4.90 Å². The number of carbonyl (C=O) groups excluding carboxylic acids is 1. The Labute approximate surface area is 162 Å². The molecule has 1 amide bonds. The Hall–Kier alpha value is -1.62. The molecular weight excluding hydrogens is 336 g/mol. The Morgan fingerprint density at radius 2 is 1.78 bits per heavy atom. The van der Waals surface area contributed by atoms with Gasteiger partial charge >= 0.3 is 0 Å². The van der Waals surface area contributed by atoms with Crippen molar-refractivity contribution in [3.05, 3.63) is 23.9 Å². The minimum atomic E-state index is 0.174. The molecule has 0 N–H and O–H groups in total. The fraction of sp³-hybridized carbons (Fsp3) is 0.727. The summed E-state index contributed by atoms with van der Waals surface area (Å²) in [6, 6.07) is 4.71. The fourth-order valence-electron chi connectivity index (χ4n) is 6.01. The molecule has 2 bridgehead atoms. The maximum absolute atomic E-state index is 13.1. The molecule has 2 saturated heterocycles. The van der Waals surface area contributed by atoms with Crippen LogP contribution in [0.4, 0.5) is 5.82 Å². The van der Waals surface area contributed by atoms with Crippen LogP contribution in [0.15, 0.2) is 18.3 Å². The van der Waals surface area contributed by atoms with Gasteiger partial charge in [-0.15, -0.1) is 0 Å². The molecule has 2 aliphatic carbocycles. The fourth-order valence-corrected chi connectivity index (χ4v) is 6.01. The van der Waals surface area contributed by atoms with E-state index in [-0.39, 0.29) is 5.91 Å². The Morgan fingerprint density at radius 3 is 2.48 bits per heavy atom. The molecule has 146 valence electrons. The van der Waals surface area contributed by atoms with Crippen LogP contribution in [0.5, 0.6) is 0 Å². The van der Waals surface area contributed by atoms with E-state index >= 15 is 0 Å². The largest absolute Gasteiger partial charge is 0.353 e. The van der Waals surface area contributed by atoms with E-state index < -0.39 is 0 Å². The van der Waals surface area contributed by atoms with Crippen molar-refractivity contribution >= 4 is 11.7 Å². The number of hydrogen-bond donors (Lipinski definition) is 0. The van der Waals surface area contributed by atoms with E-state index in [4.69, 9.17) is 0 Å². The van der Waals surface area contributed by atoms with Crippen molar-refractivity contribution in [2.24, 2.45) is 11.8 Å². The molecule has 5 rings (SSSR count). The summed E-state index contributed by atoms with van der Waals surface area (Å²) in [6.45, 7) is 6.00. The molecule has 0 spiro atoms. The Kier molecular flexibility index (Phi) is 4.80. The predicted octanol–water partition coefficient (Wildman–Crippen LogP) is 3.02. The average Bonchev–Trinajstić information content (AvgIpc) is 3.38. The van der Waals surface area contributed by atoms with E-state index in [1.165, 1.54) is 32.1 Å². The summed E-state index contributed by atoms with van der Waals surface area (Å²) in [6.07, 6.45) is 11.2. The van der Waals surface area contributed by atoms with Gasteiger partial charge in [-0.2, -0.15) is 0 Å². The third-order valence-electron chi connectivity index (χ3n) is 7.44. The van der Waals surface area contributed by atoms with Gasteiger partial charge < -0.3 is 9.80 Å². The van der Waals surface area contributed by atoms with Gasteiger partial charge in [0.25, 0.3) is 5.91 Å². The molecule has 5 heteroatoms. The molecule has 1 aromatic rings. The molecule has 0 radical (unpaired) electrons. The second kappa shape index (κ2) is 7.42. The summed E-state index contributed by atoms with van der Waals surface area (Å²) in [4.78, 5) is 24.8. The first-order valence-electron chi connectivity index (χ1n) is 11.0. The number of fused-ring (bicyclic) bond motifs is 2. The number of carbonyl (C=O) groups is 1. The van der Waals surface area contributed by atoms with Gasteiger partial charge in [-0.1, -0.05) is 6.42 Å². The Bertz CT molecular complexity index is 679. The molecule has 0 aromatic carbocycles. The number of hydrogen-bond acceptors (Lipinski definition) is 4. The summed E-state index contributed by atoms with van der Waals surface area (Å²) < 4.78 is 0. The van der Waals surface area contributed by atoms with Crippen molar-refractivity contribution in [1.82, 2.24) is 14.8 Å². The van der Waals surface area contributed by atoms with Crippen LogP contribution in [0.2, 0.25) is 0 Å². The lowest BCUT2D eigenvalue weighted by Crippen LogP contribution is -2.52. The van der Waals surface area contributed by atoms with Crippen molar-refractivity contribution < 1.29 is 4.79 Å². The second-order valence-corrected chi connectivity index (χ2v) is 8.99. The molecule has 2 aliphatic heterocycles. The van der Waals surface area contributed by atoms with Crippen molar-refractivity contribution in [3.63, 3.8) is 0 Å². The maximum Gasteiger partial charge on any atom is 0.257 e. The van der Waals surface area contributed by atoms with Gasteiger partial charge in [0.15, 0.2) is 0 Å². The lowest BCUT2D eigenvalue weighted by molar-refractivity contribution is 0.0724. The zero-order chi connectivity index (χ0) is 18.2. The van der Waals surface area contributed by atoms with Gasteiger partial charge in [0, 0.05) is 51.5 Å². The molecule has 4 aliphatic rings. The number of rotatable bonds is 3. The van der Waals surface area contributed by atoms with Crippen LogP contribution in [0, 0.1) is 11.8 Å². The van der Waals surface area contributed by atoms with Crippen molar-refractivity contribution in [3.8, 4) is 0 Å². The molecule has 2 saturated carbocycles. The molecule has 5 nitrogen and oxygen atoms in total.